The van der Waals surface area contributed by atoms with E-state index >= 15 is 0 Å². The number of rotatable bonds is 7. The first kappa shape index (κ1) is 18.9. The lowest BCUT2D eigenvalue weighted by Gasteiger charge is -2.43. The topological polar surface area (TPSA) is 44.5 Å². The van der Waals surface area contributed by atoms with Crippen LogP contribution in [0.25, 0.3) is 0 Å². The molecule has 25 heavy (non-hydrogen) atoms. The van der Waals surface area contributed by atoms with E-state index in [1.54, 1.807) is 0 Å². The van der Waals surface area contributed by atoms with E-state index in [2.05, 4.69) is 34.9 Å². The minimum atomic E-state index is 0.297. The molecule has 5 nitrogen and oxygen atoms in total. The molecule has 1 aliphatic carbocycles. The highest BCUT2D eigenvalue weighted by molar-refractivity contribution is 5.05. The predicted octanol–water partition coefficient (Wildman–Crippen LogP) is 2.91. The van der Waals surface area contributed by atoms with Gasteiger partial charge in [0.15, 0.2) is 0 Å². The van der Waals surface area contributed by atoms with Gasteiger partial charge in [-0.15, -0.1) is 0 Å². The van der Waals surface area contributed by atoms with E-state index in [-0.39, 0.29) is 0 Å². The summed E-state index contributed by atoms with van der Waals surface area (Å²) < 4.78 is 2.04. The number of nitrogens with zero attached hydrogens (tertiary/aromatic N) is 4. The molecule has 3 rings (SSSR count). The molecule has 2 fully saturated rings. The van der Waals surface area contributed by atoms with Gasteiger partial charge in [0.2, 0.25) is 0 Å². The Bertz CT molecular complexity index is 510. The van der Waals surface area contributed by atoms with Gasteiger partial charge < -0.3 is 5.11 Å². The van der Waals surface area contributed by atoms with Gasteiger partial charge in [0.05, 0.1) is 6.20 Å². The second kappa shape index (κ2) is 9.15. The van der Waals surface area contributed by atoms with Crippen molar-refractivity contribution in [3.8, 4) is 0 Å². The van der Waals surface area contributed by atoms with Gasteiger partial charge in [0.25, 0.3) is 0 Å². The third-order valence-corrected chi connectivity index (χ3v) is 5.96. The lowest BCUT2D eigenvalue weighted by Crippen LogP contribution is -2.54. The Hall–Kier alpha value is -0.910. The highest BCUT2D eigenvalue weighted by atomic mass is 16.3. The van der Waals surface area contributed by atoms with Crippen LogP contribution in [0, 0.1) is 5.92 Å². The van der Waals surface area contributed by atoms with Crippen LogP contribution in [-0.2, 0) is 6.54 Å². The summed E-state index contributed by atoms with van der Waals surface area (Å²) in [5.74, 6) is 0.880. The summed E-state index contributed by atoms with van der Waals surface area (Å²) in [6.45, 7) is 10.2. The molecule has 1 aromatic heterocycles. The van der Waals surface area contributed by atoms with Crippen molar-refractivity contribution in [1.82, 2.24) is 19.6 Å². The fraction of sp³-hybridized carbons (Fsp3) is 0.850. The Morgan fingerprint density at radius 1 is 1.20 bits per heavy atom. The SMILES string of the molecule is CC(C)n1cc(CN2CCN(CC3CCCCC3)[C@H](CCO)C2)cn1. The molecule has 5 heteroatoms. The van der Waals surface area contributed by atoms with Crippen LogP contribution >= 0.6 is 0 Å². The maximum Gasteiger partial charge on any atom is 0.0534 e. The lowest BCUT2D eigenvalue weighted by atomic mass is 9.88. The second-order valence-corrected chi connectivity index (χ2v) is 8.32. The van der Waals surface area contributed by atoms with Crippen molar-refractivity contribution in [2.45, 2.75) is 71.0 Å². The Kier molecular flexibility index (Phi) is 6.91. The van der Waals surface area contributed by atoms with Crippen molar-refractivity contribution in [2.75, 3.05) is 32.8 Å². The lowest BCUT2D eigenvalue weighted by molar-refractivity contribution is 0.0400. The summed E-state index contributed by atoms with van der Waals surface area (Å²) in [6, 6.07) is 0.920. The van der Waals surface area contributed by atoms with E-state index in [0.717, 1.165) is 38.5 Å². The van der Waals surface area contributed by atoms with Crippen LogP contribution in [-0.4, -0.2) is 63.5 Å². The molecule has 0 unspecified atom stereocenters. The van der Waals surface area contributed by atoms with Crippen LogP contribution in [0.3, 0.4) is 0 Å². The number of aromatic nitrogens is 2. The molecule has 142 valence electrons. The minimum Gasteiger partial charge on any atom is -0.396 e. The molecule has 1 saturated carbocycles. The third kappa shape index (κ3) is 5.28. The quantitative estimate of drug-likeness (QED) is 0.823. The van der Waals surface area contributed by atoms with Crippen molar-refractivity contribution in [3.05, 3.63) is 18.0 Å². The maximum absolute atomic E-state index is 9.52. The third-order valence-electron chi connectivity index (χ3n) is 5.96. The van der Waals surface area contributed by atoms with E-state index in [9.17, 15) is 5.11 Å². The first-order valence-electron chi connectivity index (χ1n) is 10.3. The van der Waals surface area contributed by atoms with Gasteiger partial charge >= 0.3 is 0 Å². The largest absolute Gasteiger partial charge is 0.396 e. The zero-order chi connectivity index (χ0) is 17.6. The molecule has 0 aromatic carbocycles. The summed E-state index contributed by atoms with van der Waals surface area (Å²) in [5, 5.41) is 14.0. The average Bonchev–Trinajstić information content (AvgIpc) is 3.07. The molecule has 0 spiro atoms. The van der Waals surface area contributed by atoms with Crippen molar-refractivity contribution < 1.29 is 5.11 Å². The van der Waals surface area contributed by atoms with Crippen LogP contribution in [0.15, 0.2) is 12.4 Å². The van der Waals surface area contributed by atoms with Crippen LogP contribution < -0.4 is 0 Å². The highest BCUT2D eigenvalue weighted by Gasteiger charge is 2.29. The van der Waals surface area contributed by atoms with Gasteiger partial charge in [0.1, 0.15) is 0 Å². The first-order valence-corrected chi connectivity index (χ1v) is 10.3. The molecule has 0 bridgehead atoms. The summed E-state index contributed by atoms with van der Waals surface area (Å²) in [4.78, 5) is 5.21. The molecule has 1 aromatic rings. The standard InChI is InChI=1S/C20H36N4O/c1-17(2)24-15-19(12-21-24)13-22-9-10-23(20(16-22)8-11-25)14-18-6-4-3-5-7-18/h12,15,17-18,20,25H,3-11,13-14,16H2,1-2H3/t20-/m1/s1. The van der Waals surface area contributed by atoms with E-state index in [0.29, 0.717) is 18.7 Å². The molecule has 0 amide bonds. The van der Waals surface area contributed by atoms with Gasteiger partial charge in [-0.1, -0.05) is 19.3 Å². The molecule has 1 atom stereocenters. The van der Waals surface area contributed by atoms with Crippen LogP contribution in [0.5, 0.6) is 0 Å². The number of piperazine rings is 1. The number of hydrogen-bond acceptors (Lipinski definition) is 4. The van der Waals surface area contributed by atoms with Crippen molar-refractivity contribution in [1.29, 1.82) is 0 Å². The average molecular weight is 349 g/mol. The van der Waals surface area contributed by atoms with E-state index < -0.39 is 0 Å². The Morgan fingerprint density at radius 2 is 2.00 bits per heavy atom. The Labute approximate surface area is 153 Å². The smallest absolute Gasteiger partial charge is 0.0534 e. The number of aliphatic hydroxyl groups excluding tert-OH is 1. The highest BCUT2D eigenvalue weighted by Crippen LogP contribution is 2.26. The second-order valence-electron chi connectivity index (χ2n) is 8.32. The summed E-state index contributed by atoms with van der Waals surface area (Å²) in [6.07, 6.45) is 12.1. The summed E-state index contributed by atoms with van der Waals surface area (Å²) >= 11 is 0. The van der Waals surface area contributed by atoms with Crippen molar-refractivity contribution >= 4 is 0 Å². The normalized spacial score (nSPS) is 24.2. The van der Waals surface area contributed by atoms with Gasteiger partial charge in [-0.25, -0.2) is 0 Å². The molecular weight excluding hydrogens is 312 g/mol. The molecular formula is C20H36N4O. The van der Waals surface area contributed by atoms with Crippen LogP contribution in [0.2, 0.25) is 0 Å². The molecule has 1 N–H and O–H groups in total. The maximum atomic E-state index is 9.52. The Morgan fingerprint density at radius 3 is 2.68 bits per heavy atom. The molecule has 1 aliphatic heterocycles. The van der Waals surface area contributed by atoms with E-state index in [4.69, 9.17) is 0 Å². The fourth-order valence-corrected chi connectivity index (χ4v) is 4.47. The molecule has 0 radical (unpaired) electrons. The Balaban J connectivity index is 1.54. The molecule has 1 saturated heterocycles. The van der Waals surface area contributed by atoms with Crippen molar-refractivity contribution in [2.24, 2.45) is 5.92 Å². The molecule has 2 aliphatic rings. The van der Waals surface area contributed by atoms with Crippen LogP contribution in [0.4, 0.5) is 0 Å². The van der Waals surface area contributed by atoms with Gasteiger partial charge in [-0.2, -0.15) is 5.10 Å². The summed E-state index contributed by atoms with van der Waals surface area (Å²) in [7, 11) is 0. The zero-order valence-corrected chi connectivity index (χ0v) is 16.1. The first-order chi connectivity index (χ1) is 12.2. The van der Waals surface area contributed by atoms with E-state index in [1.807, 2.05) is 10.9 Å². The molecule has 2 heterocycles. The zero-order valence-electron chi connectivity index (χ0n) is 16.1. The van der Waals surface area contributed by atoms with Crippen LogP contribution in [0.1, 0.15) is 64.0 Å². The van der Waals surface area contributed by atoms with Gasteiger partial charge in [-0.3, -0.25) is 14.5 Å². The van der Waals surface area contributed by atoms with E-state index in [1.165, 1.54) is 44.2 Å². The minimum absolute atomic E-state index is 0.297. The number of hydrogen-bond donors (Lipinski definition) is 1. The monoisotopic (exact) mass is 348 g/mol. The fourth-order valence-electron chi connectivity index (χ4n) is 4.47. The van der Waals surface area contributed by atoms with Gasteiger partial charge in [-0.05, 0) is 39.0 Å². The summed E-state index contributed by atoms with van der Waals surface area (Å²) in [5.41, 5.74) is 1.30. The van der Waals surface area contributed by atoms with Gasteiger partial charge in [0, 0.05) is 63.2 Å². The number of aliphatic hydroxyl groups is 1. The predicted molar refractivity (Wildman–Crippen MR) is 102 cm³/mol. The van der Waals surface area contributed by atoms with Crippen molar-refractivity contribution in [3.63, 3.8) is 0 Å².